The molecular formula is C13H23NO5. The molecule has 0 spiro atoms. The van der Waals surface area contributed by atoms with Crippen molar-refractivity contribution in [2.24, 2.45) is 17.3 Å². The summed E-state index contributed by atoms with van der Waals surface area (Å²) in [4.78, 5) is 34.1. The van der Waals surface area contributed by atoms with Crippen LogP contribution in [0.2, 0.25) is 0 Å². The molecule has 1 amide bonds. The van der Waals surface area contributed by atoms with Gasteiger partial charge in [0.05, 0.1) is 5.41 Å². The van der Waals surface area contributed by atoms with Crippen LogP contribution in [0, 0.1) is 17.3 Å². The van der Waals surface area contributed by atoms with Crippen molar-refractivity contribution in [3.8, 4) is 0 Å². The molecule has 6 nitrogen and oxygen atoms in total. The van der Waals surface area contributed by atoms with Crippen molar-refractivity contribution >= 4 is 17.8 Å². The molecule has 0 saturated heterocycles. The zero-order valence-corrected chi connectivity index (χ0v) is 12.1. The van der Waals surface area contributed by atoms with Crippen molar-refractivity contribution in [1.82, 2.24) is 5.32 Å². The summed E-state index contributed by atoms with van der Waals surface area (Å²) in [5.41, 5.74) is -1.20. The van der Waals surface area contributed by atoms with E-state index < -0.39 is 29.3 Å². The van der Waals surface area contributed by atoms with Gasteiger partial charge in [-0.15, -0.1) is 0 Å². The van der Waals surface area contributed by atoms with Gasteiger partial charge in [-0.3, -0.25) is 9.59 Å². The number of carboxylic acids is 2. The van der Waals surface area contributed by atoms with E-state index in [1.807, 2.05) is 0 Å². The molecule has 0 aliphatic rings. The van der Waals surface area contributed by atoms with Crippen LogP contribution >= 0.6 is 0 Å². The normalized spacial score (nSPS) is 15.9. The van der Waals surface area contributed by atoms with Gasteiger partial charge in [-0.25, -0.2) is 4.79 Å². The highest BCUT2D eigenvalue weighted by Crippen LogP contribution is 2.31. The van der Waals surface area contributed by atoms with Crippen LogP contribution in [0.1, 0.15) is 41.0 Å². The first-order chi connectivity index (χ1) is 8.52. The molecule has 0 aliphatic heterocycles. The van der Waals surface area contributed by atoms with Gasteiger partial charge in [-0.05, 0) is 18.8 Å². The molecule has 0 fully saturated rings. The number of carboxylic acid groups (broad SMARTS) is 2. The Balaban J connectivity index is 4.86. The lowest BCUT2D eigenvalue weighted by molar-refractivity contribution is -0.154. The van der Waals surface area contributed by atoms with E-state index in [0.29, 0.717) is 0 Å². The molecule has 0 aromatic heterocycles. The summed E-state index contributed by atoms with van der Waals surface area (Å²) in [7, 11) is 0. The summed E-state index contributed by atoms with van der Waals surface area (Å²) in [6.07, 6.45) is -0.240. The minimum Gasteiger partial charge on any atom is -0.481 e. The van der Waals surface area contributed by atoms with Crippen LogP contribution in [0.4, 0.5) is 0 Å². The lowest BCUT2D eigenvalue weighted by Gasteiger charge is -2.29. The van der Waals surface area contributed by atoms with E-state index >= 15 is 0 Å². The van der Waals surface area contributed by atoms with Crippen molar-refractivity contribution in [3.63, 3.8) is 0 Å². The first kappa shape index (κ1) is 17.4. The summed E-state index contributed by atoms with van der Waals surface area (Å²) >= 11 is 0. The van der Waals surface area contributed by atoms with Gasteiger partial charge in [0, 0.05) is 6.42 Å². The van der Waals surface area contributed by atoms with Gasteiger partial charge < -0.3 is 15.5 Å². The second-order valence-electron chi connectivity index (χ2n) is 5.68. The van der Waals surface area contributed by atoms with Crippen LogP contribution in [0.15, 0.2) is 0 Å². The van der Waals surface area contributed by atoms with E-state index in [1.54, 1.807) is 27.7 Å². The molecule has 0 heterocycles. The van der Waals surface area contributed by atoms with E-state index in [4.69, 9.17) is 5.11 Å². The lowest BCUT2D eigenvalue weighted by atomic mass is 9.76. The third-order valence-corrected chi connectivity index (χ3v) is 3.54. The van der Waals surface area contributed by atoms with Gasteiger partial charge in [0.2, 0.25) is 5.91 Å². The number of aliphatic carboxylic acids is 2. The Morgan fingerprint density at radius 3 is 1.84 bits per heavy atom. The molecule has 3 N–H and O–H groups in total. The molecule has 0 rings (SSSR count). The average Bonchev–Trinajstić information content (AvgIpc) is 2.24. The largest absolute Gasteiger partial charge is 0.481 e. The van der Waals surface area contributed by atoms with Gasteiger partial charge in [-0.1, -0.05) is 27.7 Å². The van der Waals surface area contributed by atoms with Crippen LogP contribution in [0.3, 0.4) is 0 Å². The Morgan fingerprint density at radius 1 is 1.11 bits per heavy atom. The standard InChI is InChI=1S/C13H23NO5/c1-7(2)10(11(16)17)14-9(15)6-13(5,8(3)4)12(18)19/h7-8,10H,6H2,1-5H3,(H,14,15)(H,16,17)(H,18,19). The minimum atomic E-state index is -1.20. The number of nitrogens with one attached hydrogen (secondary N) is 1. The Bertz CT molecular complexity index is 364. The van der Waals surface area contributed by atoms with E-state index in [2.05, 4.69) is 5.32 Å². The predicted molar refractivity (Wildman–Crippen MR) is 69.6 cm³/mol. The van der Waals surface area contributed by atoms with Gasteiger partial charge in [0.15, 0.2) is 0 Å². The third kappa shape index (κ3) is 4.54. The summed E-state index contributed by atoms with van der Waals surface area (Å²) in [5.74, 6) is -3.24. The van der Waals surface area contributed by atoms with Crippen LogP contribution in [-0.4, -0.2) is 34.1 Å². The Hall–Kier alpha value is -1.59. The van der Waals surface area contributed by atoms with Crippen LogP contribution in [0.5, 0.6) is 0 Å². The highest BCUT2D eigenvalue weighted by atomic mass is 16.4. The molecule has 2 unspecified atom stereocenters. The fourth-order valence-corrected chi connectivity index (χ4v) is 1.60. The number of amides is 1. The van der Waals surface area contributed by atoms with Gasteiger partial charge in [0.25, 0.3) is 0 Å². The summed E-state index contributed by atoms with van der Waals surface area (Å²) in [6, 6.07) is -1.00. The highest BCUT2D eigenvalue weighted by Gasteiger charge is 2.39. The molecule has 0 aromatic rings. The molecular weight excluding hydrogens is 250 g/mol. The molecule has 0 aliphatic carbocycles. The summed E-state index contributed by atoms with van der Waals surface area (Å²) in [5, 5.41) is 20.6. The SMILES string of the molecule is CC(C)C(NC(=O)CC(C)(C(=O)O)C(C)C)C(=O)O. The Morgan fingerprint density at radius 2 is 1.58 bits per heavy atom. The van der Waals surface area contributed by atoms with E-state index in [1.165, 1.54) is 6.92 Å². The van der Waals surface area contributed by atoms with Gasteiger partial charge in [-0.2, -0.15) is 0 Å². The molecule has 0 saturated carbocycles. The molecule has 2 atom stereocenters. The molecule has 0 bridgehead atoms. The average molecular weight is 273 g/mol. The maximum absolute atomic E-state index is 11.8. The minimum absolute atomic E-state index is 0.238. The van der Waals surface area contributed by atoms with Crippen molar-refractivity contribution < 1.29 is 24.6 Å². The lowest BCUT2D eigenvalue weighted by Crippen LogP contribution is -2.47. The maximum Gasteiger partial charge on any atom is 0.326 e. The number of hydrogen-bond donors (Lipinski definition) is 3. The maximum atomic E-state index is 11.8. The van der Waals surface area contributed by atoms with Crippen LogP contribution in [0.25, 0.3) is 0 Å². The summed E-state index contributed by atoms with van der Waals surface area (Å²) < 4.78 is 0. The van der Waals surface area contributed by atoms with Crippen molar-refractivity contribution in [1.29, 1.82) is 0 Å². The molecule has 19 heavy (non-hydrogen) atoms. The van der Waals surface area contributed by atoms with E-state index in [0.717, 1.165) is 0 Å². The zero-order valence-electron chi connectivity index (χ0n) is 12.1. The van der Waals surface area contributed by atoms with E-state index in [9.17, 15) is 19.5 Å². The van der Waals surface area contributed by atoms with Crippen LogP contribution in [-0.2, 0) is 14.4 Å². The fourth-order valence-electron chi connectivity index (χ4n) is 1.60. The summed E-state index contributed by atoms with van der Waals surface area (Å²) in [6.45, 7) is 8.29. The number of carbonyl (C=O) groups excluding carboxylic acids is 1. The van der Waals surface area contributed by atoms with Crippen molar-refractivity contribution in [2.45, 2.75) is 47.1 Å². The fraction of sp³-hybridized carbons (Fsp3) is 0.769. The monoisotopic (exact) mass is 273 g/mol. The topological polar surface area (TPSA) is 104 Å². The third-order valence-electron chi connectivity index (χ3n) is 3.54. The molecule has 0 radical (unpaired) electrons. The first-order valence-electron chi connectivity index (χ1n) is 6.28. The van der Waals surface area contributed by atoms with Gasteiger partial charge in [0.1, 0.15) is 6.04 Å². The highest BCUT2D eigenvalue weighted by molar-refractivity contribution is 5.88. The zero-order chi connectivity index (χ0) is 15.4. The van der Waals surface area contributed by atoms with Crippen molar-refractivity contribution in [3.05, 3.63) is 0 Å². The van der Waals surface area contributed by atoms with Gasteiger partial charge >= 0.3 is 11.9 Å². The molecule has 0 aromatic carbocycles. The molecule has 6 heteroatoms. The van der Waals surface area contributed by atoms with E-state index in [-0.39, 0.29) is 18.3 Å². The first-order valence-corrected chi connectivity index (χ1v) is 6.28. The quantitative estimate of drug-likeness (QED) is 0.649. The smallest absolute Gasteiger partial charge is 0.326 e. The second kappa shape index (κ2) is 6.54. The van der Waals surface area contributed by atoms with Crippen LogP contribution < -0.4 is 5.32 Å². The second-order valence-corrected chi connectivity index (χ2v) is 5.68. The Kier molecular flexibility index (Phi) is 5.99. The molecule has 110 valence electrons. The predicted octanol–water partition coefficient (Wildman–Crippen LogP) is 1.35. The number of hydrogen-bond acceptors (Lipinski definition) is 3. The number of carbonyl (C=O) groups is 3. The Labute approximate surface area is 113 Å². The van der Waals surface area contributed by atoms with Crippen molar-refractivity contribution in [2.75, 3.05) is 0 Å². The number of rotatable bonds is 7.